The summed E-state index contributed by atoms with van der Waals surface area (Å²) in [6.45, 7) is 8.55. The summed E-state index contributed by atoms with van der Waals surface area (Å²) in [6.07, 6.45) is 5.62. The largest absolute Gasteiger partial charge is 0.459 e. The molecule has 41 heavy (non-hydrogen) atoms. The van der Waals surface area contributed by atoms with Crippen LogP contribution in [0.3, 0.4) is 0 Å². The number of esters is 1. The Bertz CT molecular complexity index is 1260. The smallest absolute Gasteiger partial charge is 0.308 e. The molecule has 2 aliphatic rings. The van der Waals surface area contributed by atoms with Crippen molar-refractivity contribution in [3.63, 3.8) is 0 Å². The summed E-state index contributed by atoms with van der Waals surface area (Å²) in [7, 11) is 0. The van der Waals surface area contributed by atoms with Gasteiger partial charge in [0.2, 0.25) is 0 Å². The summed E-state index contributed by atoms with van der Waals surface area (Å²) in [4.78, 5) is 28.9. The van der Waals surface area contributed by atoms with Crippen molar-refractivity contribution in [2.24, 2.45) is 5.92 Å². The molecule has 3 heterocycles. The predicted octanol–water partition coefficient (Wildman–Crippen LogP) is 4.71. The highest BCUT2D eigenvalue weighted by atomic mass is 16.6. The van der Waals surface area contributed by atoms with E-state index in [1.54, 1.807) is 6.20 Å². The van der Waals surface area contributed by atoms with Gasteiger partial charge in [0, 0.05) is 38.5 Å². The maximum absolute atomic E-state index is 12.3. The third-order valence-electron chi connectivity index (χ3n) is 7.75. The highest BCUT2D eigenvalue weighted by Crippen LogP contribution is 2.41. The molecule has 0 bridgehead atoms. The summed E-state index contributed by atoms with van der Waals surface area (Å²) in [5.41, 5.74) is 3.15. The van der Waals surface area contributed by atoms with Gasteiger partial charge in [0.05, 0.1) is 26.2 Å². The first-order valence-electron chi connectivity index (χ1n) is 14.7. The van der Waals surface area contributed by atoms with Crippen molar-refractivity contribution in [2.75, 3.05) is 56.3 Å². The van der Waals surface area contributed by atoms with Crippen molar-refractivity contribution in [3.8, 4) is 11.5 Å². The van der Waals surface area contributed by atoms with Crippen LogP contribution in [-0.2, 0) is 31.8 Å². The lowest BCUT2D eigenvalue weighted by molar-refractivity contribution is -0.173. The van der Waals surface area contributed by atoms with Gasteiger partial charge in [-0.1, -0.05) is 30.3 Å². The molecular formula is C32H41N5O4. The maximum Gasteiger partial charge on any atom is 0.308 e. The Balaban J connectivity index is 1.17. The number of rotatable bonds is 13. The molecule has 1 aliphatic heterocycles. The Hall–Kier alpha value is -3.56. The van der Waals surface area contributed by atoms with Gasteiger partial charge in [0.15, 0.2) is 5.82 Å². The number of nitrogens with zero attached hydrogens (tertiary/aromatic N) is 4. The van der Waals surface area contributed by atoms with Crippen molar-refractivity contribution in [1.82, 2.24) is 15.0 Å². The zero-order chi connectivity index (χ0) is 28.5. The van der Waals surface area contributed by atoms with E-state index in [4.69, 9.17) is 24.2 Å². The molecule has 0 unspecified atom stereocenters. The van der Waals surface area contributed by atoms with Crippen LogP contribution < -0.4 is 10.2 Å². The van der Waals surface area contributed by atoms with Gasteiger partial charge in [-0.25, -0.2) is 9.97 Å². The first-order chi connectivity index (χ1) is 20.0. The van der Waals surface area contributed by atoms with Crippen LogP contribution in [0.4, 0.5) is 11.6 Å². The maximum atomic E-state index is 12.3. The van der Waals surface area contributed by atoms with Crippen LogP contribution in [0.5, 0.6) is 0 Å². The summed E-state index contributed by atoms with van der Waals surface area (Å²) in [6, 6.07) is 16.5. The van der Waals surface area contributed by atoms with E-state index in [1.165, 1.54) is 11.1 Å². The molecule has 0 atom stereocenters. The average Bonchev–Trinajstić information content (AvgIpc) is 3.20. The molecular weight excluding hydrogens is 518 g/mol. The molecule has 1 N–H and O–H groups in total. The number of ether oxygens (including phenoxy) is 3. The number of fused-ring (bicyclic) bond motifs is 1. The van der Waals surface area contributed by atoms with E-state index in [1.807, 2.05) is 38.1 Å². The van der Waals surface area contributed by atoms with Crippen LogP contribution in [0.25, 0.3) is 11.5 Å². The van der Waals surface area contributed by atoms with Crippen LogP contribution in [0.15, 0.2) is 54.7 Å². The van der Waals surface area contributed by atoms with E-state index in [-0.39, 0.29) is 12.4 Å². The molecule has 0 saturated heterocycles. The third-order valence-corrected chi connectivity index (χ3v) is 7.75. The molecule has 9 heteroatoms. The number of benzene rings is 1. The van der Waals surface area contributed by atoms with Gasteiger partial charge in [-0.3, -0.25) is 9.78 Å². The molecule has 0 amide bonds. The predicted molar refractivity (Wildman–Crippen MR) is 159 cm³/mol. The van der Waals surface area contributed by atoms with Gasteiger partial charge in [0.1, 0.15) is 22.9 Å². The second kappa shape index (κ2) is 13.9. The van der Waals surface area contributed by atoms with E-state index in [9.17, 15) is 4.79 Å². The number of nitrogens with one attached hydrogen (secondary N) is 1. The summed E-state index contributed by atoms with van der Waals surface area (Å²) in [5, 5.41) is 3.54. The minimum atomic E-state index is -0.425. The van der Waals surface area contributed by atoms with Crippen molar-refractivity contribution < 1.29 is 19.0 Å². The molecule has 1 fully saturated rings. The molecule has 3 aromatic rings. The van der Waals surface area contributed by atoms with Gasteiger partial charge >= 0.3 is 5.97 Å². The number of hydrogen-bond acceptors (Lipinski definition) is 9. The number of anilines is 2. The standard InChI is InChI=1S/C32H41N5O4/c1-3-39-18-19-40-17-13-30(38)41-32(2)21-24(22-32)23-34-28-20-29(36-31(35-28)27-10-6-7-14-33-27)37-15-11-25-8-4-5-9-26(25)12-16-37/h4-10,14,20,24H,3,11-13,15-19,21-23H2,1-2H3,(H,34,35,36). The fraction of sp³-hybridized carbons (Fsp3) is 0.500. The summed E-state index contributed by atoms with van der Waals surface area (Å²) < 4.78 is 16.5. The Morgan fingerprint density at radius 3 is 2.44 bits per heavy atom. The quantitative estimate of drug-likeness (QED) is 0.236. The lowest BCUT2D eigenvalue weighted by Crippen LogP contribution is -2.47. The normalized spacial score (nSPS) is 20.0. The lowest BCUT2D eigenvalue weighted by atomic mass is 9.72. The van der Waals surface area contributed by atoms with Crippen molar-refractivity contribution in [2.45, 2.75) is 51.6 Å². The van der Waals surface area contributed by atoms with Gasteiger partial charge in [-0.2, -0.15) is 0 Å². The fourth-order valence-electron chi connectivity index (χ4n) is 5.68. The molecule has 5 rings (SSSR count). The van der Waals surface area contributed by atoms with Crippen molar-refractivity contribution in [1.29, 1.82) is 0 Å². The Morgan fingerprint density at radius 1 is 1.00 bits per heavy atom. The fourth-order valence-corrected chi connectivity index (χ4v) is 5.68. The Kier molecular flexibility index (Phi) is 9.80. The van der Waals surface area contributed by atoms with Gasteiger partial charge in [-0.15, -0.1) is 0 Å². The SMILES string of the molecule is CCOCCOCCC(=O)OC1(C)CC(CNc2cc(N3CCc4ccccc4CC3)nc(-c3ccccn3)n2)C1. The second-order valence-corrected chi connectivity index (χ2v) is 11.0. The number of carbonyl (C=O) groups is 1. The van der Waals surface area contributed by atoms with Crippen molar-refractivity contribution >= 4 is 17.6 Å². The van der Waals surface area contributed by atoms with Gasteiger partial charge in [-0.05, 0) is 68.7 Å². The number of pyridine rings is 1. The monoisotopic (exact) mass is 559 g/mol. The highest BCUT2D eigenvalue weighted by molar-refractivity contribution is 5.70. The third kappa shape index (κ3) is 8.01. The molecule has 1 saturated carbocycles. The molecule has 9 nitrogen and oxygen atoms in total. The molecule has 0 radical (unpaired) electrons. The van der Waals surface area contributed by atoms with Crippen LogP contribution >= 0.6 is 0 Å². The Morgan fingerprint density at radius 2 is 1.73 bits per heavy atom. The van der Waals surface area contributed by atoms with E-state index in [0.717, 1.165) is 62.6 Å². The minimum Gasteiger partial charge on any atom is -0.459 e. The zero-order valence-corrected chi connectivity index (χ0v) is 24.2. The topological polar surface area (TPSA) is 98.7 Å². The number of hydrogen-bond donors (Lipinski definition) is 1. The molecule has 0 spiro atoms. The van der Waals surface area contributed by atoms with Crippen LogP contribution in [-0.4, -0.2) is 72.6 Å². The minimum absolute atomic E-state index is 0.213. The zero-order valence-electron chi connectivity index (χ0n) is 24.2. The van der Waals surface area contributed by atoms with Crippen LogP contribution in [0.2, 0.25) is 0 Å². The number of carbonyl (C=O) groups excluding carboxylic acids is 1. The first-order valence-corrected chi connectivity index (χ1v) is 14.7. The molecule has 2 aromatic heterocycles. The van der Waals surface area contributed by atoms with E-state index >= 15 is 0 Å². The van der Waals surface area contributed by atoms with Gasteiger partial charge in [0.25, 0.3) is 0 Å². The second-order valence-electron chi connectivity index (χ2n) is 11.0. The first kappa shape index (κ1) is 29.0. The molecule has 1 aliphatic carbocycles. The lowest BCUT2D eigenvalue weighted by Gasteiger charge is -2.44. The van der Waals surface area contributed by atoms with Crippen LogP contribution in [0.1, 0.15) is 44.2 Å². The summed E-state index contributed by atoms with van der Waals surface area (Å²) >= 11 is 0. The van der Waals surface area contributed by atoms with E-state index < -0.39 is 5.60 Å². The molecule has 218 valence electrons. The van der Waals surface area contributed by atoms with E-state index in [2.05, 4.69) is 39.5 Å². The number of aromatic nitrogens is 3. The van der Waals surface area contributed by atoms with E-state index in [0.29, 0.717) is 38.2 Å². The van der Waals surface area contributed by atoms with Crippen molar-refractivity contribution in [3.05, 3.63) is 65.9 Å². The van der Waals surface area contributed by atoms with Crippen LogP contribution in [0, 0.1) is 5.92 Å². The van der Waals surface area contributed by atoms with Gasteiger partial charge < -0.3 is 24.4 Å². The average molecular weight is 560 g/mol. The Labute approximate surface area is 242 Å². The summed E-state index contributed by atoms with van der Waals surface area (Å²) in [5.74, 6) is 2.48. The highest BCUT2D eigenvalue weighted by Gasteiger charge is 2.43. The molecule has 1 aromatic carbocycles.